The van der Waals surface area contributed by atoms with E-state index in [-0.39, 0.29) is 5.91 Å². The number of amides is 1. The molecular formula is C12H11NO3. The van der Waals surface area contributed by atoms with Crippen molar-refractivity contribution >= 4 is 23.1 Å². The fourth-order valence-corrected chi connectivity index (χ4v) is 1.58. The summed E-state index contributed by atoms with van der Waals surface area (Å²) in [6, 6.07) is 7.22. The Bertz CT molecular complexity index is 477. The first-order chi connectivity index (χ1) is 7.72. The summed E-state index contributed by atoms with van der Waals surface area (Å²) in [6.45, 7) is 2.02. The van der Waals surface area contributed by atoms with Crippen molar-refractivity contribution < 1.29 is 14.3 Å². The van der Waals surface area contributed by atoms with E-state index in [1.54, 1.807) is 19.1 Å². The predicted octanol–water partition coefficient (Wildman–Crippen LogP) is 1.59. The Hall–Kier alpha value is -2.10. The van der Waals surface area contributed by atoms with Crippen LogP contribution in [0, 0.1) is 0 Å². The van der Waals surface area contributed by atoms with Crippen molar-refractivity contribution in [2.75, 3.05) is 11.9 Å². The van der Waals surface area contributed by atoms with Gasteiger partial charge in [-0.25, -0.2) is 4.79 Å². The second-order valence-corrected chi connectivity index (χ2v) is 3.31. The van der Waals surface area contributed by atoms with Crippen molar-refractivity contribution in [2.24, 2.45) is 0 Å². The summed E-state index contributed by atoms with van der Waals surface area (Å²) >= 11 is 0. The molecule has 1 aromatic carbocycles. The molecule has 1 heterocycles. The van der Waals surface area contributed by atoms with Crippen molar-refractivity contribution in [3.63, 3.8) is 0 Å². The van der Waals surface area contributed by atoms with Gasteiger partial charge < -0.3 is 10.1 Å². The monoisotopic (exact) mass is 217 g/mol. The van der Waals surface area contributed by atoms with Gasteiger partial charge in [0.15, 0.2) is 0 Å². The average molecular weight is 217 g/mol. The maximum Gasteiger partial charge on any atom is 0.331 e. The Balaban J connectivity index is 2.35. The topological polar surface area (TPSA) is 55.4 Å². The molecule has 0 radical (unpaired) electrons. The predicted molar refractivity (Wildman–Crippen MR) is 59.7 cm³/mol. The second-order valence-electron chi connectivity index (χ2n) is 3.31. The van der Waals surface area contributed by atoms with Crippen LogP contribution in [-0.4, -0.2) is 18.5 Å². The molecule has 82 valence electrons. The Labute approximate surface area is 92.9 Å². The lowest BCUT2D eigenvalue weighted by Crippen LogP contribution is -2.07. The Morgan fingerprint density at radius 3 is 2.94 bits per heavy atom. The van der Waals surface area contributed by atoms with Crippen molar-refractivity contribution in [3.05, 3.63) is 35.9 Å². The minimum absolute atomic E-state index is 0.269. The van der Waals surface area contributed by atoms with Gasteiger partial charge in [0.1, 0.15) is 0 Å². The van der Waals surface area contributed by atoms with E-state index in [4.69, 9.17) is 4.74 Å². The molecule has 1 amide bonds. The number of hydrogen-bond acceptors (Lipinski definition) is 3. The van der Waals surface area contributed by atoms with Gasteiger partial charge in [-0.15, -0.1) is 0 Å². The molecule has 0 atom stereocenters. The van der Waals surface area contributed by atoms with E-state index in [0.29, 0.717) is 12.2 Å². The summed E-state index contributed by atoms with van der Waals surface area (Å²) in [7, 11) is 0. The van der Waals surface area contributed by atoms with Crippen LogP contribution in [0.4, 0.5) is 5.69 Å². The molecule has 0 fully saturated rings. The molecule has 2 rings (SSSR count). The van der Waals surface area contributed by atoms with Crippen LogP contribution in [0.15, 0.2) is 30.3 Å². The lowest BCUT2D eigenvalue weighted by molar-refractivity contribution is -0.137. The van der Waals surface area contributed by atoms with Gasteiger partial charge in [0.2, 0.25) is 0 Å². The molecular weight excluding hydrogens is 206 g/mol. The van der Waals surface area contributed by atoms with Gasteiger partial charge in [0.05, 0.1) is 12.2 Å². The normalized spacial score (nSPS) is 15.8. The fraction of sp³-hybridized carbons (Fsp3) is 0.167. The molecule has 0 spiro atoms. The molecule has 4 nitrogen and oxygen atoms in total. The van der Waals surface area contributed by atoms with E-state index in [1.165, 1.54) is 6.08 Å². The number of benzene rings is 1. The summed E-state index contributed by atoms with van der Waals surface area (Å²) in [6.07, 6.45) is 1.23. The number of para-hydroxylation sites is 1. The third-order valence-corrected chi connectivity index (χ3v) is 2.26. The number of fused-ring (bicyclic) bond motifs is 1. The van der Waals surface area contributed by atoms with Crippen LogP contribution in [0.5, 0.6) is 0 Å². The molecule has 1 aliphatic heterocycles. The third kappa shape index (κ3) is 1.82. The molecule has 0 saturated carbocycles. The van der Waals surface area contributed by atoms with E-state index < -0.39 is 5.97 Å². The highest BCUT2D eigenvalue weighted by molar-refractivity contribution is 6.33. The van der Waals surface area contributed by atoms with Gasteiger partial charge in [0, 0.05) is 17.3 Å². The summed E-state index contributed by atoms with van der Waals surface area (Å²) in [4.78, 5) is 22.9. The quantitative estimate of drug-likeness (QED) is 0.604. The van der Waals surface area contributed by atoms with E-state index in [9.17, 15) is 9.59 Å². The van der Waals surface area contributed by atoms with E-state index in [2.05, 4.69) is 5.32 Å². The maximum absolute atomic E-state index is 11.6. The highest BCUT2D eigenvalue weighted by atomic mass is 16.5. The van der Waals surface area contributed by atoms with Crippen LogP contribution in [0.25, 0.3) is 5.57 Å². The molecule has 1 aliphatic rings. The highest BCUT2D eigenvalue weighted by Crippen LogP contribution is 2.30. The fourth-order valence-electron chi connectivity index (χ4n) is 1.58. The lowest BCUT2D eigenvalue weighted by atomic mass is 10.1. The lowest BCUT2D eigenvalue weighted by Gasteiger charge is -1.98. The molecule has 0 aromatic heterocycles. The van der Waals surface area contributed by atoms with E-state index in [0.717, 1.165) is 11.3 Å². The number of carbonyl (C=O) groups is 2. The summed E-state index contributed by atoms with van der Waals surface area (Å²) in [5.74, 6) is -0.765. The number of nitrogens with one attached hydrogen (secondary N) is 1. The minimum Gasteiger partial charge on any atom is -0.463 e. The van der Waals surface area contributed by atoms with Gasteiger partial charge in [-0.05, 0) is 13.0 Å². The van der Waals surface area contributed by atoms with E-state index >= 15 is 0 Å². The zero-order valence-electron chi connectivity index (χ0n) is 8.82. The molecule has 0 bridgehead atoms. The zero-order valence-corrected chi connectivity index (χ0v) is 8.82. The third-order valence-electron chi connectivity index (χ3n) is 2.26. The van der Waals surface area contributed by atoms with Crippen LogP contribution in [0.1, 0.15) is 12.5 Å². The van der Waals surface area contributed by atoms with Crippen LogP contribution in [0.2, 0.25) is 0 Å². The first kappa shape index (κ1) is 10.4. The molecule has 16 heavy (non-hydrogen) atoms. The molecule has 0 saturated heterocycles. The van der Waals surface area contributed by atoms with E-state index in [1.807, 2.05) is 12.1 Å². The van der Waals surface area contributed by atoms with Crippen LogP contribution < -0.4 is 5.32 Å². The molecule has 4 heteroatoms. The minimum atomic E-state index is -0.496. The largest absolute Gasteiger partial charge is 0.463 e. The van der Waals surface area contributed by atoms with Crippen LogP contribution in [-0.2, 0) is 14.3 Å². The van der Waals surface area contributed by atoms with Gasteiger partial charge >= 0.3 is 5.97 Å². The molecule has 0 aliphatic carbocycles. The molecule has 1 N–H and O–H groups in total. The van der Waals surface area contributed by atoms with Crippen molar-refractivity contribution in [2.45, 2.75) is 6.92 Å². The summed E-state index contributed by atoms with van der Waals surface area (Å²) < 4.78 is 4.77. The second kappa shape index (κ2) is 4.18. The highest BCUT2D eigenvalue weighted by Gasteiger charge is 2.24. The molecule has 0 unspecified atom stereocenters. The first-order valence-corrected chi connectivity index (χ1v) is 5.01. The standard InChI is InChI=1S/C12H11NO3/c1-2-16-11(14)7-9-8-5-3-4-6-10(8)13-12(9)15/h3-7H,2H2,1H3,(H,13,15)/b9-7-. The van der Waals surface area contributed by atoms with Crippen LogP contribution >= 0.6 is 0 Å². The van der Waals surface area contributed by atoms with Gasteiger partial charge in [-0.1, -0.05) is 18.2 Å². The van der Waals surface area contributed by atoms with Crippen molar-refractivity contribution in [3.8, 4) is 0 Å². The van der Waals surface area contributed by atoms with Crippen LogP contribution in [0.3, 0.4) is 0 Å². The number of esters is 1. The van der Waals surface area contributed by atoms with Crippen molar-refractivity contribution in [1.82, 2.24) is 0 Å². The van der Waals surface area contributed by atoms with Gasteiger partial charge in [-0.2, -0.15) is 0 Å². The average Bonchev–Trinajstić information content (AvgIpc) is 2.56. The van der Waals surface area contributed by atoms with Crippen molar-refractivity contribution in [1.29, 1.82) is 0 Å². The SMILES string of the molecule is CCOC(=O)/C=C1\C(=O)Nc2ccccc21. The van der Waals surface area contributed by atoms with Gasteiger partial charge in [-0.3, -0.25) is 4.79 Å². The number of anilines is 1. The summed E-state index contributed by atoms with van der Waals surface area (Å²) in [5, 5.41) is 2.68. The number of hydrogen-bond donors (Lipinski definition) is 1. The number of carbonyl (C=O) groups excluding carboxylic acids is 2. The Morgan fingerprint density at radius 2 is 2.19 bits per heavy atom. The number of ether oxygens (including phenoxy) is 1. The zero-order chi connectivity index (χ0) is 11.5. The molecule has 1 aromatic rings. The Kier molecular flexibility index (Phi) is 2.72. The first-order valence-electron chi connectivity index (χ1n) is 5.01. The Morgan fingerprint density at radius 1 is 1.44 bits per heavy atom. The van der Waals surface area contributed by atoms with Gasteiger partial charge in [0.25, 0.3) is 5.91 Å². The smallest absolute Gasteiger partial charge is 0.331 e. The summed E-state index contributed by atoms with van der Waals surface area (Å²) in [5.41, 5.74) is 1.82. The maximum atomic E-state index is 11.6. The number of rotatable bonds is 2.